The third-order valence-corrected chi connectivity index (χ3v) is 4.58. The lowest BCUT2D eigenvalue weighted by atomic mass is 10.2. The smallest absolute Gasteiger partial charge is 0.270 e. The molecule has 0 spiro atoms. The lowest BCUT2D eigenvalue weighted by molar-refractivity contribution is 0.0646. The number of fused-ring (bicyclic) bond motifs is 1. The number of hydrogen-bond donors (Lipinski definition) is 3. The van der Waals surface area contributed by atoms with Crippen LogP contribution in [0.5, 0.6) is 0 Å². The fraction of sp³-hybridized carbons (Fsp3) is 0.375. The summed E-state index contributed by atoms with van der Waals surface area (Å²) in [5.74, 6) is 1.74. The van der Waals surface area contributed by atoms with Gasteiger partial charge in [-0.25, -0.2) is 0 Å². The number of H-pyrrole nitrogens is 2. The normalized spacial score (nSPS) is 16.0. The van der Waals surface area contributed by atoms with E-state index in [2.05, 4.69) is 15.4 Å². The Labute approximate surface area is 138 Å². The number of likely N-dealkylation sites (tertiary alicyclic amines) is 1. The van der Waals surface area contributed by atoms with Crippen molar-refractivity contribution in [2.24, 2.45) is 0 Å². The number of aromatic nitrogens is 2. The van der Waals surface area contributed by atoms with Gasteiger partial charge in [0.1, 0.15) is 23.0 Å². The molecule has 8 heteroatoms. The van der Waals surface area contributed by atoms with Crippen molar-refractivity contribution in [3.63, 3.8) is 0 Å². The third-order valence-electron chi connectivity index (χ3n) is 4.58. The fourth-order valence-corrected chi connectivity index (χ4v) is 3.20. The maximum Gasteiger partial charge on any atom is 0.270 e. The molecule has 24 heavy (non-hydrogen) atoms. The number of aldehydes is 1. The lowest BCUT2D eigenvalue weighted by Gasteiger charge is -2.30. The highest BCUT2D eigenvalue weighted by molar-refractivity contribution is 5.94. The lowest BCUT2D eigenvalue weighted by Crippen LogP contribution is -2.42. The van der Waals surface area contributed by atoms with Gasteiger partial charge in [0.15, 0.2) is 6.29 Å². The number of amides is 1. The van der Waals surface area contributed by atoms with Crippen molar-refractivity contribution in [2.75, 3.05) is 37.1 Å². The van der Waals surface area contributed by atoms with Gasteiger partial charge in [0.2, 0.25) is 0 Å². The Hall–Kier alpha value is -2.74. The van der Waals surface area contributed by atoms with Gasteiger partial charge < -0.3 is 19.8 Å². The molecule has 0 radical (unpaired) electrons. The van der Waals surface area contributed by atoms with Gasteiger partial charge >= 0.3 is 0 Å². The number of carbonyl (C=O) groups excluding carboxylic acids is 2. The maximum atomic E-state index is 12.4. The maximum absolute atomic E-state index is 12.4. The first kappa shape index (κ1) is 14.8. The van der Waals surface area contributed by atoms with E-state index < -0.39 is 0 Å². The molecular formula is C16H19N5O3. The van der Waals surface area contributed by atoms with E-state index in [1.54, 1.807) is 0 Å². The summed E-state index contributed by atoms with van der Waals surface area (Å²) in [5.41, 5.74) is 5.43. The summed E-state index contributed by atoms with van der Waals surface area (Å²) in [4.78, 5) is 38.6. The highest BCUT2D eigenvalue weighted by atomic mass is 16.6. The van der Waals surface area contributed by atoms with E-state index in [1.165, 1.54) is 7.11 Å². The number of hydrogen-bond acceptors (Lipinski definition) is 5. The molecule has 4 rings (SSSR count). The predicted molar refractivity (Wildman–Crippen MR) is 88.8 cm³/mol. The Morgan fingerprint density at radius 1 is 1.29 bits per heavy atom. The van der Waals surface area contributed by atoms with Crippen molar-refractivity contribution < 1.29 is 14.4 Å². The SMILES string of the molecule is CONc1cc(N2CCc3cc(C(=O)N4CCC4)[nH]c32)[nH]c1C=O. The summed E-state index contributed by atoms with van der Waals surface area (Å²) in [6, 6.07) is 3.76. The van der Waals surface area contributed by atoms with Crippen molar-refractivity contribution in [3.8, 4) is 0 Å². The fourth-order valence-electron chi connectivity index (χ4n) is 3.20. The molecular weight excluding hydrogens is 310 g/mol. The number of rotatable bonds is 5. The molecule has 0 aliphatic carbocycles. The quantitative estimate of drug-likeness (QED) is 0.573. The molecule has 0 unspecified atom stereocenters. The van der Waals surface area contributed by atoms with Gasteiger partial charge in [-0.05, 0) is 24.5 Å². The molecule has 126 valence electrons. The van der Waals surface area contributed by atoms with Gasteiger partial charge in [0.05, 0.1) is 12.8 Å². The topological polar surface area (TPSA) is 93.5 Å². The average molecular weight is 329 g/mol. The van der Waals surface area contributed by atoms with Crippen LogP contribution in [0.15, 0.2) is 12.1 Å². The van der Waals surface area contributed by atoms with Crippen LogP contribution in [0.25, 0.3) is 0 Å². The van der Waals surface area contributed by atoms with Crippen molar-refractivity contribution in [1.82, 2.24) is 14.9 Å². The Balaban J connectivity index is 1.62. The molecule has 2 aromatic heterocycles. The zero-order valence-corrected chi connectivity index (χ0v) is 13.4. The van der Waals surface area contributed by atoms with Crippen LogP contribution in [0.4, 0.5) is 17.3 Å². The van der Waals surface area contributed by atoms with Gasteiger partial charge in [0.25, 0.3) is 5.91 Å². The molecule has 3 N–H and O–H groups in total. The number of aromatic amines is 2. The van der Waals surface area contributed by atoms with Crippen molar-refractivity contribution in [2.45, 2.75) is 12.8 Å². The van der Waals surface area contributed by atoms with Crippen LogP contribution < -0.4 is 10.4 Å². The zero-order valence-electron chi connectivity index (χ0n) is 13.4. The number of anilines is 3. The minimum Gasteiger partial charge on any atom is -0.337 e. The van der Waals surface area contributed by atoms with Crippen LogP contribution in [-0.4, -0.2) is 53.8 Å². The van der Waals surface area contributed by atoms with E-state index in [0.29, 0.717) is 17.1 Å². The summed E-state index contributed by atoms with van der Waals surface area (Å²) in [5, 5.41) is 0. The largest absolute Gasteiger partial charge is 0.337 e. The minimum atomic E-state index is 0.0532. The summed E-state index contributed by atoms with van der Waals surface area (Å²) in [7, 11) is 1.49. The van der Waals surface area contributed by atoms with Gasteiger partial charge in [-0.3, -0.25) is 19.9 Å². The van der Waals surface area contributed by atoms with Crippen molar-refractivity contribution in [1.29, 1.82) is 0 Å². The van der Waals surface area contributed by atoms with Crippen molar-refractivity contribution in [3.05, 3.63) is 29.1 Å². The molecule has 0 atom stereocenters. The van der Waals surface area contributed by atoms with Gasteiger partial charge in [0, 0.05) is 25.7 Å². The highest BCUT2D eigenvalue weighted by Crippen LogP contribution is 2.36. The molecule has 0 bridgehead atoms. The first-order valence-electron chi connectivity index (χ1n) is 7.97. The Bertz CT molecular complexity index is 790. The Morgan fingerprint density at radius 3 is 2.79 bits per heavy atom. The van der Waals surface area contributed by atoms with Crippen LogP contribution in [0.1, 0.15) is 33.0 Å². The molecule has 2 aliphatic rings. The molecule has 2 aliphatic heterocycles. The van der Waals surface area contributed by atoms with Crippen LogP contribution in [-0.2, 0) is 11.3 Å². The van der Waals surface area contributed by atoms with E-state index in [1.807, 2.05) is 21.9 Å². The Morgan fingerprint density at radius 2 is 2.12 bits per heavy atom. The first-order chi connectivity index (χ1) is 11.7. The van der Waals surface area contributed by atoms with E-state index in [0.717, 1.165) is 56.0 Å². The van der Waals surface area contributed by atoms with Crippen LogP contribution in [0.2, 0.25) is 0 Å². The predicted octanol–water partition coefficient (Wildman–Crippen LogP) is 1.67. The molecule has 4 heterocycles. The summed E-state index contributed by atoms with van der Waals surface area (Å²) in [6.07, 6.45) is 2.67. The Kier molecular flexibility index (Phi) is 3.53. The second-order valence-corrected chi connectivity index (χ2v) is 6.01. The third kappa shape index (κ3) is 2.26. The molecule has 1 amide bonds. The molecule has 0 saturated carbocycles. The van der Waals surface area contributed by atoms with Crippen LogP contribution in [0.3, 0.4) is 0 Å². The molecule has 1 fully saturated rings. The van der Waals surface area contributed by atoms with Crippen LogP contribution >= 0.6 is 0 Å². The number of nitrogens with one attached hydrogen (secondary N) is 3. The van der Waals surface area contributed by atoms with Gasteiger partial charge in [-0.15, -0.1) is 0 Å². The molecule has 0 aromatic carbocycles. The molecule has 8 nitrogen and oxygen atoms in total. The monoisotopic (exact) mass is 329 g/mol. The second-order valence-electron chi connectivity index (χ2n) is 6.01. The van der Waals surface area contributed by atoms with E-state index in [9.17, 15) is 9.59 Å². The minimum absolute atomic E-state index is 0.0532. The van der Waals surface area contributed by atoms with Gasteiger partial charge in [-0.2, -0.15) is 0 Å². The summed E-state index contributed by atoms with van der Waals surface area (Å²) in [6.45, 7) is 2.44. The van der Waals surface area contributed by atoms with E-state index >= 15 is 0 Å². The van der Waals surface area contributed by atoms with Gasteiger partial charge in [-0.1, -0.05) is 0 Å². The van der Waals surface area contributed by atoms with Crippen molar-refractivity contribution >= 4 is 29.5 Å². The second kappa shape index (κ2) is 5.72. The zero-order chi connectivity index (χ0) is 16.7. The first-order valence-corrected chi connectivity index (χ1v) is 7.97. The molecule has 1 saturated heterocycles. The van der Waals surface area contributed by atoms with E-state index in [4.69, 9.17) is 4.84 Å². The van der Waals surface area contributed by atoms with Crippen LogP contribution in [0, 0.1) is 0 Å². The number of carbonyl (C=O) groups is 2. The summed E-state index contributed by atoms with van der Waals surface area (Å²) < 4.78 is 0. The number of nitrogens with zero attached hydrogens (tertiary/aromatic N) is 2. The van der Waals surface area contributed by atoms with E-state index in [-0.39, 0.29) is 5.91 Å². The highest BCUT2D eigenvalue weighted by Gasteiger charge is 2.29. The molecule has 2 aromatic rings. The average Bonchev–Trinajstić information content (AvgIpc) is 3.18. The standard InChI is InChI=1S/C16H19N5O3/c1-24-19-11-8-14(17-13(11)9-22)21-6-3-10-7-12(18-15(10)21)16(23)20-4-2-5-20/h7-9,17-19H,2-6H2,1H3. The summed E-state index contributed by atoms with van der Waals surface area (Å²) >= 11 is 0.